The summed E-state index contributed by atoms with van der Waals surface area (Å²) in [7, 11) is 0. The first-order chi connectivity index (χ1) is 9.02. The summed E-state index contributed by atoms with van der Waals surface area (Å²) < 4.78 is 35.3. The van der Waals surface area contributed by atoms with Gasteiger partial charge in [-0.05, 0) is 19.1 Å². The summed E-state index contributed by atoms with van der Waals surface area (Å²) in [5.41, 5.74) is 0. The van der Waals surface area contributed by atoms with Crippen LogP contribution in [0, 0.1) is 11.6 Å². The smallest absolute Gasteiger partial charge is 0.306 e. The monoisotopic (exact) mass is 272 g/mol. The van der Waals surface area contributed by atoms with Crippen LogP contribution in [0.2, 0.25) is 0 Å². The molecule has 4 nitrogen and oxygen atoms in total. The lowest BCUT2D eigenvalue weighted by atomic mass is 10.2. The summed E-state index contributed by atoms with van der Waals surface area (Å²) in [6, 6.07) is 2.79. The van der Waals surface area contributed by atoms with Gasteiger partial charge in [-0.15, -0.1) is 0 Å². The van der Waals surface area contributed by atoms with Gasteiger partial charge in [0.1, 0.15) is 12.4 Å². The molecule has 0 spiro atoms. The molecule has 19 heavy (non-hydrogen) atoms. The number of benzene rings is 1. The van der Waals surface area contributed by atoms with Crippen molar-refractivity contribution < 1.29 is 27.8 Å². The number of rotatable bonds is 7. The van der Waals surface area contributed by atoms with Crippen molar-refractivity contribution in [3.63, 3.8) is 0 Å². The minimum Gasteiger partial charge on any atom is -0.483 e. The number of Topliss-reactive ketones (excluding diaryl/α,β-unsaturated/α-hetero) is 1. The molecule has 0 radical (unpaired) electrons. The van der Waals surface area contributed by atoms with Gasteiger partial charge in [0, 0.05) is 12.5 Å². The molecular weight excluding hydrogens is 258 g/mol. The van der Waals surface area contributed by atoms with Gasteiger partial charge in [-0.1, -0.05) is 0 Å². The Hall–Kier alpha value is -1.98. The molecule has 0 aliphatic carbocycles. The molecule has 0 saturated heterocycles. The van der Waals surface area contributed by atoms with E-state index in [1.807, 2.05) is 0 Å². The molecule has 104 valence electrons. The Morgan fingerprint density at radius 3 is 2.58 bits per heavy atom. The summed E-state index contributed by atoms with van der Waals surface area (Å²) in [6.45, 7) is 1.55. The maximum absolute atomic E-state index is 13.2. The molecule has 1 aromatic rings. The van der Waals surface area contributed by atoms with Crippen molar-refractivity contribution in [3.05, 3.63) is 29.8 Å². The average Bonchev–Trinajstić information content (AvgIpc) is 2.35. The van der Waals surface area contributed by atoms with Crippen LogP contribution in [0.4, 0.5) is 8.78 Å². The molecular formula is C13H14F2O4. The largest absolute Gasteiger partial charge is 0.483 e. The number of carbonyl (C=O) groups excluding carboxylic acids is 2. The number of halogens is 2. The van der Waals surface area contributed by atoms with E-state index in [4.69, 9.17) is 4.74 Å². The molecule has 0 amide bonds. The van der Waals surface area contributed by atoms with E-state index in [0.29, 0.717) is 6.07 Å². The zero-order valence-electron chi connectivity index (χ0n) is 10.4. The number of ether oxygens (including phenoxy) is 2. The van der Waals surface area contributed by atoms with Crippen LogP contribution < -0.4 is 4.74 Å². The van der Waals surface area contributed by atoms with Crippen molar-refractivity contribution in [2.75, 3.05) is 13.2 Å². The van der Waals surface area contributed by atoms with Crippen LogP contribution in [-0.4, -0.2) is 25.0 Å². The van der Waals surface area contributed by atoms with Gasteiger partial charge in [0.2, 0.25) is 0 Å². The fourth-order valence-electron chi connectivity index (χ4n) is 1.30. The van der Waals surface area contributed by atoms with Gasteiger partial charge >= 0.3 is 5.97 Å². The second-order valence-electron chi connectivity index (χ2n) is 3.71. The molecule has 0 unspecified atom stereocenters. The van der Waals surface area contributed by atoms with Crippen LogP contribution >= 0.6 is 0 Å². The van der Waals surface area contributed by atoms with E-state index in [2.05, 4.69) is 4.74 Å². The lowest BCUT2D eigenvalue weighted by Crippen LogP contribution is -2.14. The molecule has 0 aromatic heterocycles. The Morgan fingerprint density at radius 1 is 1.21 bits per heavy atom. The molecule has 0 bridgehead atoms. The van der Waals surface area contributed by atoms with E-state index in [0.717, 1.165) is 12.1 Å². The molecule has 0 saturated carbocycles. The van der Waals surface area contributed by atoms with Crippen molar-refractivity contribution in [1.29, 1.82) is 0 Å². The normalized spacial score (nSPS) is 10.1. The van der Waals surface area contributed by atoms with Crippen molar-refractivity contribution in [3.8, 4) is 5.75 Å². The van der Waals surface area contributed by atoms with Crippen molar-refractivity contribution in [2.45, 2.75) is 19.8 Å². The van der Waals surface area contributed by atoms with Crippen LogP contribution in [0.1, 0.15) is 19.8 Å². The molecule has 0 N–H and O–H groups in total. The van der Waals surface area contributed by atoms with E-state index in [1.54, 1.807) is 6.92 Å². The highest BCUT2D eigenvalue weighted by atomic mass is 19.1. The van der Waals surface area contributed by atoms with Crippen molar-refractivity contribution in [1.82, 2.24) is 0 Å². The highest BCUT2D eigenvalue weighted by Crippen LogP contribution is 2.17. The quantitative estimate of drug-likeness (QED) is 0.714. The maximum Gasteiger partial charge on any atom is 0.306 e. The van der Waals surface area contributed by atoms with Gasteiger partial charge in [-0.2, -0.15) is 0 Å². The standard InChI is InChI=1S/C13H14F2O4/c1-2-18-13(17)6-4-10(16)8-19-12-5-3-9(14)7-11(12)15/h3,5,7H,2,4,6,8H2,1H3. The average molecular weight is 272 g/mol. The van der Waals surface area contributed by atoms with E-state index < -0.39 is 17.6 Å². The fourth-order valence-corrected chi connectivity index (χ4v) is 1.30. The minimum atomic E-state index is -0.877. The van der Waals surface area contributed by atoms with Crippen molar-refractivity contribution in [2.24, 2.45) is 0 Å². The summed E-state index contributed by atoms with van der Waals surface area (Å²) >= 11 is 0. The van der Waals surface area contributed by atoms with E-state index in [-0.39, 0.29) is 37.6 Å². The van der Waals surface area contributed by atoms with Crippen molar-refractivity contribution >= 4 is 11.8 Å². The number of hydrogen-bond donors (Lipinski definition) is 0. The topological polar surface area (TPSA) is 52.6 Å². The van der Waals surface area contributed by atoms with Gasteiger partial charge in [0.25, 0.3) is 0 Å². The third kappa shape index (κ3) is 5.46. The maximum atomic E-state index is 13.2. The molecule has 0 aliphatic rings. The first-order valence-corrected chi connectivity index (χ1v) is 5.78. The minimum absolute atomic E-state index is 0.0397. The van der Waals surface area contributed by atoms with Crippen LogP contribution in [-0.2, 0) is 14.3 Å². The summed E-state index contributed by atoms with van der Waals surface area (Å²) in [5, 5.41) is 0. The number of carbonyl (C=O) groups is 2. The lowest BCUT2D eigenvalue weighted by Gasteiger charge is -2.06. The molecule has 6 heteroatoms. The zero-order chi connectivity index (χ0) is 14.3. The number of esters is 1. The number of ketones is 1. The Morgan fingerprint density at radius 2 is 1.95 bits per heavy atom. The van der Waals surface area contributed by atoms with Gasteiger partial charge < -0.3 is 9.47 Å². The summed E-state index contributed by atoms with van der Waals surface area (Å²) in [5.74, 6) is -2.64. The molecule has 0 atom stereocenters. The third-order valence-corrected chi connectivity index (χ3v) is 2.20. The highest BCUT2D eigenvalue weighted by molar-refractivity contribution is 5.84. The van der Waals surface area contributed by atoms with Gasteiger partial charge in [-0.25, -0.2) is 8.78 Å². The Balaban J connectivity index is 2.36. The van der Waals surface area contributed by atoms with E-state index >= 15 is 0 Å². The van der Waals surface area contributed by atoms with Gasteiger partial charge in [0.05, 0.1) is 13.0 Å². The summed E-state index contributed by atoms with van der Waals surface area (Å²) in [4.78, 5) is 22.4. The first-order valence-electron chi connectivity index (χ1n) is 5.78. The van der Waals surface area contributed by atoms with E-state index in [1.165, 1.54) is 0 Å². The Bertz CT molecular complexity index is 460. The predicted octanol–water partition coefficient (Wildman–Crippen LogP) is 2.26. The third-order valence-electron chi connectivity index (χ3n) is 2.20. The molecule has 1 rings (SSSR count). The first kappa shape index (κ1) is 15.1. The molecule has 1 aromatic carbocycles. The predicted molar refractivity (Wildman–Crippen MR) is 62.7 cm³/mol. The Kier molecular flexibility index (Phi) is 5.92. The Labute approximate surface area is 109 Å². The lowest BCUT2D eigenvalue weighted by molar-refractivity contribution is -0.144. The summed E-state index contributed by atoms with van der Waals surface area (Å²) in [6.07, 6.45) is -0.0798. The second kappa shape index (κ2) is 7.45. The number of hydrogen-bond acceptors (Lipinski definition) is 4. The van der Waals surface area contributed by atoms with Crippen LogP contribution in [0.15, 0.2) is 18.2 Å². The van der Waals surface area contributed by atoms with Crippen LogP contribution in [0.25, 0.3) is 0 Å². The molecule has 0 fully saturated rings. The highest BCUT2D eigenvalue weighted by Gasteiger charge is 2.10. The van der Waals surface area contributed by atoms with Crippen LogP contribution in [0.5, 0.6) is 5.75 Å². The zero-order valence-corrected chi connectivity index (χ0v) is 10.4. The van der Waals surface area contributed by atoms with E-state index in [9.17, 15) is 18.4 Å². The van der Waals surface area contributed by atoms with Gasteiger partial charge in [0.15, 0.2) is 17.3 Å². The fraction of sp³-hybridized carbons (Fsp3) is 0.385. The SMILES string of the molecule is CCOC(=O)CCC(=O)COc1ccc(F)cc1F. The van der Waals surface area contributed by atoms with Crippen LogP contribution in [0.3, 0.4) is 0 Å². The van der Waals surface area contributed by atoms with Gasteiger partial charge in [-0.3, -0.25) is 9.59 Å². The molecule has 0 aliphatic heterocycles. The molecule has 0 heterocycles. The second-order valence-corrected chi connectivity index (χ2v) is 3.71.